The maximum Gasteiger partial charge on any atom is 0.0887 e. The van der Waals surface area contributed by atoms with Gasteiger partial charge in [0.2, 0.25) is 0 Å². The lowest BCUT2D eigenvalue weighted by Gasteiger charge is -1.86. The van der Waals surface area contributed by atoms with Crippen LogP contribution in [0.4, 0.5) is 0 Å². The van der Waals surface area contributed by atoms with Crippen LogP contribution >= 0.6 is 0 Å². The largest absolute Gasteiger partial charge is 0.293 e. The van der Waals surface area contributed by atoms with Gasteiger partial charge < -0.3 is 0 Å². The van der Waals surface area contributed by atoms with Crippen molar-refractivity contribution in [2.45, 2.75) is 13.3 Å². The van der Waals surface area contributed by atoms with E-state index in [-0.39, 0.29) is 0 Å². The molecule has 1 heterocycles. The first kappa shape index (κ1) is 4.78. The number of nitrogens with one attached hydrogen (secondary N) is 1. The van der Waals surface area contributed by atoms with Crippen molar-refractivity contribution in [3.63, 3.8) is 0 Å². The van der Waals surface area contributed by atoms with Gasteiger partial charge in [-0.15, -0.1) is 0 Å². The zero-order chi connectivity index (χ0) is 5.11. The number of nitrogens with zero attached hydrogens (tertiary/aromatic N) is 1. The van der Waals surface area contributed by atoms with Crippen molar-refractivity contribution in [1.82, 2.24) is 5.32 Å². The summed E-state index contributed by atoms with van der Waals surface area (Å²) in [4.78, 5) is 4.16. The van der Waals surface area contributed by atoms with Gasteiger partial charge in [-0.3, -0.25) is 10.3 Å². The molecule has 1 aliphatic heterocycles. The summed E-state index contributed by atoms with van der Waals surface area (Å²) >= 11 is 0. The van der Waals surface area contributed by atoms with Gasteiger partial charge in [0.25, 0.3) is 0 Å². The van der Waals surface area contributed by atoms with Gasteiger partial charge in [0.15, 0.2) is 0 Å². The fourth-order valence-corrected chi connectivity index (χ4v) is 0.661. The van der Waals surface area contributed by atoms with Gasteiger partial charge in [-0.2, -0.15) is 0 Å². The number of aliphatic imine (C=N–C) groups is 1. The molecule has 0 radical (unpaired) electrons. The summed E-state index contributed by atoms with van der Waals surface area (Å²) in [6, 6.07) is 0. The Morgan fingerprint density at radius 1 is 1.86 bits per heavy atom. The molecule has 0 amide bonds. The molecule has 1 rings (SSSR count). The molecular formula is C5H10N2. The standard InChI is InChI=1S/C5H10N2/c1-2-5-3-6-4-7-5/h6H,2-4H2,1H3. The molecule has 0 bridgehead atoms. The predicted molar refractivity (Wildman–Crippen MR) is 30.6 cm³/mol. The van der Waals surface area contributed by atoms with Crippen LogP contribution in [0.3, 0.4) is 0 Å². The second kappa shape index (κ2) is 2.07. The van der Waals surface area contributed by atoms with Crippen molar-refractivity contribution >= 4 is 5.71 Å². The summed E-state index contributed by atoms with van der Waals surface area (Å²) in [5, 5.41) is 3.12. The summed E-state index contributed by atoms with van der Waals surface area (Å²) in [5.74, 6) is 0. The molecule has 7 heavy (non-hydrogen) atoms. The van der Waals surface area contributed by atoms with Crippen LogP contribution < -0.4 is 5.32 Å². The van der Waals surface area contributed by atoms with E-state index in [1.807, 2.05) is 0 Å². The zero-order valence-corrected chi connectivity index (χ0v) is 4.57. The Morgan fingerprint density at radius 3 is 3.00 bits per heavy atom. The summed E-state index contributed by atoms with van der Waals surface area (Å²) in [7, 11) is 0. The van der Waals surface area contributed by atoms with E-state index in [1.165, 1.54) is 5.71 Å². The molecule has 2 nitrogen and oxygen atoms in total. The first-order valence-corrected chi connectivity index (χ1v) is 2.66. The van der Waals surface area contributed by atoms with E-state index >= 15 is 0 Å². The van der Waals surface area contributed by atoms with E-state index in [2.05, 4.69) is 17.2 Å². The third-order valence-corrected chi connectivity index (χ3v) is 1.15. The van der Waals surface area contributed by atoms with Crippen LogP contribution in [0.2, 0.25) is 0 Å². The first-order chi connectivity index (χ1) is 3.43. The Morgan fingerprint density at radius 2 is 2.71 bits per heavy atom. The molecule has 1 aliphatic rings. The highest BCUT2D eigenvalue weighted by atomic mass is 15.1. The van der Waals surface area contributed by atoms with Crippen LogP contribution in [0.5, 0.6) is 0 Å². The molecule has 0 aromatic heterocycles. The minimum atomic E-state index is 0.836. The summed E-state index contributed by atoms with van der Waals surface area (Å²) in [5.41, 5.74) is 1.31. The maximum atomic E-state index is 4.16. The summed E-state index contributed by atoms with van der Waals surface area (Å²) < 4.78 is 0. The van der Waals surface area contributed by atoms with Crippen LogP contribution in [0.25, 0.3) is 0 Å². The second-order valence-corrected chi connectivity index (χ2v) is 1.66. The lowest BCUT2D eigenvalue weighted by atomic mass is 10.3. The average molecular weight is 98.1 g/mol. The monoisotopic (exact) mass is 98.1 g/mol. The van der Waals surface area contributed by atoms with E-state index in [1.54, 1.807) is 0 Å². The quantitative estimate of drug-likeness (QED) is 0.504. The van der Waals surface area contributed by atoms with Crippen LogP contribution in [-0.4, -0.2) is 18.9 Å². The summed E-state index contributed by atoms with van der Waals surface area (Å²) in [6.07, 6.45) is 1.10. The Kier molecular flexibility index (Phi) is 1.42. The van der Waals surface area contributed by atoms with Gasteiger partial charge in [-0.1, -0.05) is 6.92 Å². The van der Waals surface area contributed by atoms with Gasteiger partial charge in [-0.05, 0) is 6.42 Å². The minimum Gasteiger partial charge on any atom is -0.293 e. The maximum absolute atomic E-state index is 4.16. The first-order valence-electron chi connectivity index (χ1n) is 2.66. The molecule has 0 saturated heterocycles. The van der Waals surface area contributed by atoms with E-state index in [0.717, 1.165) is 19.6 Å². The van der Waals surface area contributed by atoms with Gasteiger partial charge in [0.05, 0.1) is 6.67 Å². The average Bonchev–Trinajstić information content (AvgIpc) is 2.14. The van der Waals surface area contributed by atoms with Crippen molar-refractivity contribution in [3.05, 3.63) is 0 Å². The van der Waals surface area contributed by atoms with Crippen LogP contribution in [-0.2, 0) is 0 Å². The molecule has 0 aromatic rings. The Bertz CT molecular complexity index is 86.1. The van der Waals surface area contributed by atoms with E-state index in [0.29, 0.717) is 0 Å². The minimum absolute atomic E-state index is 0.836. The highest BCUT2D eigenvalue weighted by Crippen LogP contribution is 1.88. The molecule has 1 N–H and O–H groups in total. The predicted octanol–water partition coefficient (Wildman–Crippen LogP) is 0.398. The molecule has 2 heteroatoms. The van der Waals surface area contributed by atoms with Crippen molar-refractivity contribution in [2.24, 2.45) is 4.99 Å². The molecule has 0 aromatic carbocycles. The molecule has 0 aliphatic carbocycles. The fraction of sp³-hybridized carbons (Fsp3) is 0.800. The van der Waals surface area contributed by atoms with E-state index < -0.39 is 0 Å². The molecule has 0 atom stereocenters. The molecule has 0 spiro atoms. The number of hydrogen-bond donors (Lipinski definition) is 1. The van der Waals surface area contributed by atoms with Crippen molar-refractivity contribution in [1.29, 1.82) is 0 Å². The molecule has 0 fully saturated rings. The van der Waals surface area contributed by atoms with E-state index in [4.69, 9.17) is 0 Å². The van der Waals surface area contributed by atoms with Crippen LogP contribution in [0.15, 0.2) is 4.99 Å². The van der Waals surface area contributed by atoms with Crippen LogP contribution in [0.1, 0.15) is 13.3 Å². The third-order valence-electron chi connectivity index (χ3n) is 1.15. The number of hydrogen-bond acceptors (Lipinski definition) is 2. The lowest BCUT2D eigenvalue weighted by molar-refractivity contribution is 0.849. The third kappa shape index (κ3) is 0.996. The lowest BCUT2D eigenvalue weighted by Crippen LogP contribution is -2.11. The van der Waals surface area contributed by atoms with Gasteiger partial charge in [0, 0.05) is 12.3 Å². The van der Waals surface area contributed by atoms with Gasteiger partial charge in [-0.25, -0.2) is 0 Å². The molecule has 0 unspecified atom stereocenters. The molecular weight excluding hydrogens is 88.1 g/mol. The zero-order valence-electron chi connectivity index (χ0n) is 4.57. The highest BCUT2D eigenvalue weighted by molar-refractivity contribution is 5.87. The second-order valence-electron chi connectivity index (χ2n) is 1.66. The van der Waals surface area contributed by atoms with Gasteiger partial charge >= 0.3 is 0 Å². The SMILES string of the molecule is CCC1=NCNC1. The smallest absolute Gasteiger partial charge is 0.0887 e. The Hall–Kier alpha value is -0.370. The summed E-state index contributed by atoms with van der Waals surface area (Å²) in [6.45, 7) is 3.98. The topological polar surface area (TPSA) is 24.4 Å². The highest BCUT2D eigenvalue weighted by Gasteiger charge is 1.99. The van der Waals surface area contributed by atoms with Crippen LogP contribution in [0, 0.1) is 0 Å². The van der Waals surface area contributed by atoms with Crippen molar-refractivity contribution in [3.8, 4) is 0 Å². The fourth-order valence-electron chi connectivity index (χ4n) is 0.661. The Labute approximate surface area is 43.6 Å². The van der Waals surface area contributed by atoms with E-state index in [9.17, 15) is 0 Å². The molecule has 0 saturated carbocycles. The van der Waals surface area contributed by atoms with Gasteiger partial charge in [0.1, 0.15) is 0 Å². The van der Waals surface area contributed by atoms with Crippen molar-refractivity contribution in [2.75, 3.05) is 13.2 Å². The molecule has 40 valence electrons. The Balaban J connectivity index is 2.36. The van der Waals surface area contributed by atoms with Crippen molar-refractivity contribution < 1.29 is 0 Å². The normalized spacial score (nSPS) is 19.9. The number of rotatable bonds is 1.